The number of nitrogens with zero attached hydrogens (tertiary/aromatic N) is 5. The molecule has 0 aliphatic heterocycles. The van der Waals surface area contributed by atoms with Gasteiger partial charge in [-0.05, 0) is 37.1 Å². The van der Waals surface area contributed by atoms with Crippen molar-refractivity contribution in [1.29, 1.82) is 0 Å². The van der Waals surface area contributed by atoms with Crippen LogP contribution in [0.2, 0.25) is 10.0 Å². The zero-order valence-corrected chi connectivity index (χ0v) is 17.5. The van der Waals surface area contributed by atoms with E-state index in [9.17, 15) is 10.1 Å². The molecular weight excluding hydrogens is 443 g/mol. The normalized spacial score (nSPS) is 11.0. The minimum atomic E-state index is -0.558. The predicted molar refractivity (Wildman–Crippen MR) is 118 cm³/mol. The summed E-state index contributed by atoms with van der Waals surface area (Å²) in [4.78, 5) is 23.3. The van der Waals surface area contributed by atoms with Crippen molar-refractivity contribution in [1.82, 2.24) is 19.4 Å². The molecule has 3 heterocycles. The summed E-state index contributed by atoms with van der Waals surface area (Å²) in [5.74, 6) is -0.0993. The number of aromatic nitrogens is 4. The summed E-state index contributed by atoms with van der Waals surface area (Å²) in [5, 5.41) is 11.8. The smallest absolute Gasteiger partial charge is 0.311 e. The number of hydrogen-bond donors (Lipinski definition) is 1. The topological polar surface area (TPSA) is 121 Å². The van der Waals surface area contributed by atoms with Crippen molar-refractivity contribution in [2.45, 2.75) is 12.8 Å². The molecule has 3 aromatic heterocycles. The summed E-state index contributed by atoms with van der Waals surface area (Å²) in [5.41, 5.74) is 8.07. The van der Waals surface area contributed by atoms with Crippen LogP contribution in [0.1, 0.15) is 12.1 Å². The maximum absolute atomic E-state index is 10.8. The lowest BCUT2D eigenvalue weighted by Gasteiger charge is -2.11. The second-order valence-electron chi connectivity index (χ2n) is 6.62. The van der Waals surface area contributed by atoms with E-state index in [1.54, 1.807) is 41.1 Å². The van der Waals surface area contributed by atoms with Crippen molar-refractivity contribution in [3.63, 3.8) is 0 Å². The highest BCUT2D eigenvalue weighted by molar-refractivity contribution is 6.36. The molecule has 4 aromatic rings. The lowest BCUT2D eigenvalue weighted by molar-refractivity contribution is -0.384. The number of imidazole rings is 1. The molecule has 31 heavy (non-hydrogen) atoms. The molecular formula is C20H16Cl2N6O3. The Balaban J connectivity index is 1.49. The number of nitrogens with two attached hydrogens (primary N) is 1. The zero-order valence-electron chi connectivity index (χ0n) is 16.0. The van der Waals surface area contributed by atoms with Crippen LogP contribution in [0, 0.1) is 10.1 Å². The third kappa shape index (κ3) is 4.52. The largest absolute Gasteiger partial charge is 0.464 e. The van der Waals surface area contributed by atoms with Gasteiger partial charge in [0.25, 0.3) is 0 Å². The van der Waals surface area contributed by atoms with Crippen molar-refractivity contribution in [3.05, 3.63) is 74.6 Å². The third-order valence-electron chi connectivity index (χ3n) is 4.53. The van der Waals surface area contributed by atoms with E-state index in [4.69, 9.17) is 33.7 Å². The standard InChI is InChI=1S/C20H16Cl2N6O3/c21-12-3-5-14(15(22)10-12)16-11-18-24-7-8-27(18)20(26-16)31-9-1-2-13-4-6-17(28(29)30)19(23)25-13/h3-8,10-11H,1-2,9H2,(H2,23,25). The molecule has 1 aromatic carbocycles. The Morgan fingerprint density at radius 3 is 2.74 bits per heavy atom. The van der Waals surface area contributed by atoms with E-state index in [2.05, 4.69) is 15.0 Å². The molecule has 0 atom stereocenters. The Hall–Kier alpha value is -3.43. The monoisotopic (exact) mass is 458 g/mol. The van der Waals surface area contributed by atoms with Crippen molar-refractivity contribution < 1.29 is 9.66 Å². The number of aryl methyl sites for hydroxylation is 1. The predicted octanol–water partition coefficient (Wildman–Crippen LogP) is 4.60. The van der Waals surface area contributed by atoms with Crippen molar-refractivity contribution in [2.24, 2.45) is 0 Å². The average molecular weight is 459 g/mol. The van der Waals surface area contributed by atoms with E-state index < -0.39 is 4.92 Å². The number of nitro groups is 1. The van der Waals surface area contributed by atoms with Crippen LogP contribution in [-0.2, 0) is 6.42 Å². The van der Waals surface area contributed by atoms with Gasteiger partial charge in [0.05, 0.1) is 22.2 Å². The van der Waals surface area contributed by atoms with Crippen LogP contribution in [0.4, 0.5) is 11.5 Å². The number of rotatable bonds is 7. The zero-order chi connectivity index (χ0) is 22.0. The fourth-order valence-electron chi connectivity index (χ4n) is 3.05. The van der Waals surface area contributed by atoms with Gasteiger partial charge in [-0.1, -0.05) is 23.2 Å². The minimum Gasteiger partial charge on any atom is -0.464 e. The molecule has 2 N–H and O–H groups in total. The molecule has 0 unspecified atom stereocenters. The Kier molecular flexibility index (Phi) is 5.88. The van der Waals surface area contributed by atoms with Crippen LogP contribution in [0.3, 0.4) is 0 Å². The fraction of sp³-hybridized carbons (Fsp3) is 0.150. The first-order valence-electron chi connectivity index (χ1n) is 9.24. The number of fused-ring (bicyclic) bond motifs is 1. The first kappa shape index (κ1) is 20.8. The lowest BCUT2D eigenvalue weighted by atomic mass is 10.1. The van der Waals surface area contributed by atoms with Crippen LogP contribution in [0.5, 0.6) is 6.01 Å². The van der Waals surface area contributed by atoms with E-state index in [1.165, 1.54) is 6.07 Å². The number of benzene rings is 1. The molecule has 0 saturated heterocycles. The van der Waals surface area contributed by atoms with Gasteiger partial charge < -0.3 is 10.5 Å². The van der Waals surface area contributed by atoms with Crippen LogP contribution in [0.25, 0.3) is 16.9 Å². The van der Waals surface area contributed by atoms with E-state index in [1.807, 2.05) is 6.07 Å². The number of anilines is 1. The van der Waals surface area contributed by atoms with Crippen LogP contribution in [0.15, 0.2) is 48.8 Å². The van der Waals surface area contributed by atoms with Gasteiger partial charge in [0.15, 0.2) is 0 Å². The van der Waals surface area contributed by atoms with E-state index >= 15 is 0 Å². The van der Waals surface area contributed by atoms with E-state index in [0.29, 0.717) is 58.1 Å². The summed E-state index contributed by atoms with van der Waals surface area (Å²) >= 11 is 12.3. The molecule has 11 heteroatoms. The molecule has 0 amide bonds. The summed E-state index contributed by atoms with van der Waals surface area (Å²) in [7, 11) is 0. The molecule has 0 radical (unpaired) electrons. The molecule has 0 aliphatic rings. The van der Waals surface area contributed by atoms with Gasteiger partial charge in [0, 0.05) is 40.8 Å². The first-order valence-corrected chi connectivity index (χ1v) is 10.00. The number of halogens is 2. The van der Waals surface area contributed by atoms with Gasteiger partial charge in [-0.3, -0.25) is 14.5 Å². The quantitative estimate of drug-likeness (QED) is 0.244. The highest BCUT2D eigenvalue weighted by Crippen LogP contribution is 2.31. The molecule has 9 nitrogen and oxygen atoms in total. The van der Waals surface area contributed by atoms with Gasteiger partial charge in [-0.2, -0.15) is 4.98 Å². The highest BCUT2D eigenvalue weighted by atomic mass is 35.5. The highest BCUT2D eigenvalue weighted by Gasteiger charge is 2.14. The van der Waals surface area contributed by atoms with Crippen LogP contribution < -0.4 is 10.5 Å². The number of pyridine rings is 1. The molecule has 158 valence electrons. The number of nitrogen functional groups attached to an aromatic ring is 1. The van der Waals surface area contributed by atoms with E-state index in [0.717, 1.165) is 0 Å². The Bertz CT molecular complexity index is 1280. The molecule has 0 fully saturated rings. The maximum Gasteiger partial charge on any atom is 0.311 e. The molecule has 0 aliphatic carbocycles. The summed E-state index contributed by atoms with van der Waals surface area (Å²) in [6, 6.07) is 10.3. The van der Waals surface area contributed by atoms with Crippen molar-refractivity contribution >= 4 is 40.4 Å². The minimum absolute atomic E-state index is 0.0993. The van der Waals surface area contributed by atoms with Gasteiger partial charge in [0.1, 0.15) is 5.65 Å². The van der Waals surface area contributed by atoms with Gasteiger partial charge >= 0.3 is 11.7 Å². The van der Waals surface area contributed by atoms with Gasteiger partial charge in [0.2, 0.25) is 5.82 Å². The molecule has 0 bridgehead atoms. The van der Waals surface area contributed by atoms with Crippen LogP contribution in [-0.4, -0.2) is 30.9 Å². The van der Waals surface area contributed by atoms with Crippen molar-refractivity contribution in [2.75, 3.05) is 12.3 Å². The summed E-state index contributed by atoms with van der Waals surface area (Å²) in [6.07, 6.45) is 4.55. The second kappa shape index (κ2) is 8.75. The molecule has 0 spiro atoms. The Morgan fingerprint density at radius 2 is 2.00 bits per heavy atom. The third-order valence-corrected chi connectivity index (χ3v) is 5.08. The number of hydrogen-bond acceptors (Lipinski definition) is 7. The lowest BCUT2D eigenvalue weighted by Crippen LogP contribution is -2.07. The SMILES string of the molecule is Nc1nc(CCCOc2nc(-c3ccc(Cl)cc3Cl)cc3nccn23)ccc1[N+](=O)[O-]. The second-order valence-corrected chi connectivity index (χ2v) is 7.46. The Morgan fingerprint density at radius 1 is 1.16 bits per heavy atom. The number of ether oxygens (including phenoxy) is 1. The summed E-state index contributed by atoms with van der Waals surface area (Å²) < 4.78 is 7.62. The maximum atomic E-state index is 10.8. The van der Waals surface area contributed by atoms with Gasteiger partial charge in [-0.15, -0.1) is 0 Å². The molecule has 4 rings (SSSR count). The fourth-order valence-corrected chi connectivity index (χ4v) is 3.56. The average Bonchev–Trinajstić information content (AvgIpc) is 3.19. The first-order chi connectivity index (χ1) is 14.9. The summed E-state index contributed by atoms with van der Waals surface area (Å²) in [6.45, 7) is 0.344. The van der Waals surface area contributed by atoms with Crippen LogP contribution >= 0.6 is 23.2 Å². The van der Waals surface area contributed by atoms with Gasteiger partial charge in [-0.25, -0.2) is 9.97 Å². The Labute approximate surface area is 186 Å². The van der Waals surface area contributed by atoms with Crippen molar-refractivity contribution in [3.8, 4) is 17.3 Å². The molecule has 0 saturated carbocycles. The van der Waals surface area contributed by atoms with E-state index in [-0.39, 0.29) is 11.5 Å².